The van der Waals surface area contributed by atoms with Crippen LogP contribution in [0, 0.1) is 0 Å². The summed E-state index contributed by atoms with van der Waals surface area (Å²) < 4.78 is 11.5. The van der Waals surface area contributed by atoms with Crippen molar-refractivity contribution < 1.29 is 13.9 Å². The highest BCUT2D eigenvalue weighted by Crippen LogP contribution is 2.31. The van der Waals surface area contributed by atoms with Crippen LogP contribution in [0.15, 0.2) is 52.9 Å². The summed E-state index contributed by atoms with van der Waals surface area (Å²) in [7, 11) is 0. The summed E-state index contributed by atoms with van der Waals surface area (Å²) in [6.45, 7) is 4.41. The summed E-state index contributed by atoms with van der Waals surface area (Å²) >= 11 is 0. The Morgan fingerprint density at radius 3 is 2.65 bits per heavy atom. The number of fused-ring (bicyclic) bond motifs is 1. The molecule has 3 aromatic rings. The van der Waals surface area contributed by atoms with Gasteiger partial charge in [0.25, 0.3) is 0 Å². The summed E-state index contributed by atoms with van der Waals surface area (Å²) in [4.78, 5) is 12.3. The second-order valence-electron chi connectivity index (χ2n) is 5.96. The van der Waals surface area contributed by atoms with Crippen molar-refractivity contribution in [2.45, 2.75) is 26.3 Å². The Bertz CT molecular complexity index is 874. The maximum atomic E-state index is 12.3. The van der Waals surface area contributed by atoms with E-state index in [1.54, 1.807) is 12.1 Å². The number of hydrogen-bond donors (Lipinski definition) is 2. The second kappa shape index (κ2) is 8.63. The Morgan fingerprint density at radius 2 is 1.96 bits per heavy atom. The minimum atomic E-state index is -0.233. The van der Waals surface area contributed by atoms with Gasteiger partial charge in [0.15, 0.2) is 11.3 Å². The number of carbonyl (C=O) groups is 1. The summed E-state index contributed by atoms with van der Waals surface area (Å²) in [6, 6.07) is 14.8. The van der Waals surface area contributed by atoms with E-state index < -0.39 is 0 Å². The van der Waals surface area contributed by atoms with E-state index in [-0.39, 0.29) is 24.4 Å². The molecule has 0 bridgehead atoms. The predicted octanol–water partition coefficient (Wildman–Crippen LogP) is 4.26. The van der Waals surface area contributed by atoms with Gasteiger partial charge in [0, 0.05) is 11.1 Å². The van der Waals surface area contributed by atoms with Gasteiger partial charge in [0.05, 0.1) is 19.1 Å². The largest absolute Gasteiger partial charge is 0.490 e. The lowest BCUT2D eigenvalue weighted by Crippen LogP contribution is -2.27. The molecule has 2 aromatic carbocycles. The molecule has 0 aliphatic carbocycles. The SMILES string of the molecule is CCOc1cccc2cc(C(C)NC(=O)Cc3ccc(N)cc3)oc12.Cl. The van der Waals surface area contributed by atoms with Gasteiger partial charge in [0.1, 0.15) is 5.76 Å². The third-order valence-corrected chi connectivity index (χ3v) is 3.98. The number of amides is 1. The minimum Gasteiger partial charge on any atom is -0.490 e. The van der Waals surface area contributed by atoms with Crippen molar-refractivity contribution in [2.75, 3.05) is 12.3 Å². The number of nitrogens with one attached hydrogen (secondary N) is 1. The number of para-hydroxylation sites is 1. The van der Waals surface area contributed by atoms with Crippen LogP contribution in [0.5, 0.6) is 5.75 Å². The third-order valence-electron chi connectivity index (χ3n) is 3.98. The standard InChI is InChI=1S/C20H22N2O3.ClH/c1-3-24-17-6-4-5-15-12-18(25-20(15)17)13(2)22-19(23)11-14-7-9-16(21)10-8-14;/h4-10,12-13H,3,11,21H2,1-2H3,(H,22,23);1H. The lowest BCUT2D eigenvalue weighted by molar-refractivity contribution is -0.121. The van der Waals surface area contributed by atoms with Gasteiger partial charge in [-0.2, -0.15) is 0 Å². The molecule has 0 fully saturated rings. The van der Waals surface area contributed by atoms with Crippen molar-refractivity contribution in [3.63, 3.8) is 0 Å². The van der Waals surface area contributed by atoms with Crippen LogP contribution in [0.1, 0.15) is 31.2 Å². The minimum absolute atomic E-state index is 0. The highest BCUT2D eigenvalue weighted by molar-refractivity contribution is 5.85. The van der Waals surface area contributed by atoms with Crippen LogP contribution in [0.25, 0.3) is 11.0 Å². The fourth-order valence-electron chi connectivity index (χ4n) is 2.72. The number of hydrogen-bond acceptors (Lipinski definition) is 4. The summed E-state index contributed by atoms with van der Waals surface area (Å²) in [5, 5.41) is 3.93. The van der Waals surface area contributed by atoms with Crippen molar-refractivity contribution in [3.05, 3.63) is 59.9 Å². The smallest absolute Gasteiger partial charge is 0.224 e. The van der Waals surface area contributed by atoms with Crippen molar-refractivity contribution in [1.29, 1.82) is 0 Å². The van der Waals surface area contributed by atoms with E-state index in [1.165, 1.54) is 0 Å². The average Bonchev–Trinajstić information content (AvgIpc) is 3.02. The number of halogens is 1. The lowest BCUT2D eigenvalue weighted by atomic mass is 10.1. The number of nitrogens with two attached hydrogens (primary N) is 1. The van der Waals surface area contributed by atoms with Gasteiger partial charge in [-0.1, -0.05) is 24.3 Å². The van der Waals surface area contributed by atoms with Gasteiger partial charge in [-0.3, -0.25) is 4.79 Å². The first-order valence-corrected chi connectivity index (χ1v) is 8.36. The molecule has 5 nitrogen and oxygen atoms in total. The van der Waals surface area contributed by atoms with Crippen molar-refractivity contribution in [3.8, 4) is 5.75 Å². The Balaban J connectivity index is 0.00000243. The Morgan fingerprint density at radius 1 is 1.23 bits per heavy atom. The van der Waals surface area contributed by atoms with Crippen molar-refractivity contribution >= 4 is 35.0 Å². The van der Waals surface area contributed by atoms with Gasteiger partial charge in [-0.25, -0.2) is 0 Å². The maximum Gasteiger partial charge on any atom is 0.224 e. The second-order valence-corrected chi connectivity index (χ2v) is 5.96. The Labute approximate surface area is 158 Å². The van der Waals surface area contributed by atoms with E-state index in [9.17, 15) is 4.79 Å². The normalized spacial score (nSPS) is 11.6. The molecule has 3 rings (SSSR count). The zero-order valence-electron chi connectivity index (χ0n) is 14.8. The lowest BCUT2D eigenvalue weighted by Gasteiger charge is -2.11. The van der Waals surface area contributed by atoms with E-state index in [0.717, 1.165) is 10.9 Å². The fourth-order valence-corrected chi connectivity index (χ4v) is 2.72. The van der Waals surface area contributed by atoms with Crippen LogP contribution in [-0.4, -0.2) is 12.5 Å². The fraction of sp³-hybridized carbons (Fsp3) is 0.250. The molecule has 0 aliphatic rings. The van der Waals surface area contributed by atoms with Crippen LogP contribution in [0.3, 0.4) is 0 Å². The van der Waals surface area contributed by atoms with Gasteiger partial charge < -0.3 is 20.2 Å². The molecule has 1 aromatic heterocycles. The molecule has 3 N–H and O–H groups in total. The van der Waals surface area contributed by atoms with Crippen LogP contribution in [0.4, 0.5) is 5.69 Å². The number of furan rings is 1. The molecular formula is C20H23ClN2O3. The molecule has 138 valence electrons. The monoisotopic (exact) mass is 374 g/mol. The predicted molar refractivity (Wildman–Crippen MR) is 106 cm³/mol. The number of anilines is 1. The number of carbonyl (C=O) groups excluding carboxylic acids is 1. The number of rotatable bonds is 6. The molecular weight excluding hydrogens is 352 g/mol. The zero-order valence-corrected chi connectivity index (χ0v) is 15.6. The number of nitrogen functional groups attached to an aromatic ring is 1. The topological polar surface area (TPSA) is 77.5 Å². The van der Waals surface area contributed by atoms with Gasteiger partial charge in [0.2, 0.25) is 5.91 Å². The Hall–Kier alpha value is -2.66. The van der Waals surface area contributed by atoms with Crippen LogP contribution < -0.4 is 15.8 Å². The zero-order chi connectivity index (χ0) is 17.8. The molecule has 0 saturated heterocycles. The molecule has 0 spiro atoms. The first-order chi connectivity index (χ1) is 12.1. The molecule has 1 heterocycles. The average molecular weight is 375 g/mol. The highest BCUT2D eigenvalue weighted by atomic mass is 35.5. The quantitative estimate of drug-likeness (QED) is 0.632. The van der Waals surface area contributed by atoms with Crippen LogP contribution in [-0.2, 0) is 11.2 Å². The Kier molecular flexibility index (Phi) is 6.52. The molecule has 1 amide bonds. The van der Waals surface area contributed by atoms with E-state index in [2.05, 4.69) is 5.32 Å². The molecule has 0 saturated carbocycles. The molecule has 0 aliphatic heterocycles. The molecule has 0 radical (unpaired) electrons. The van der Waals surface area contributed by atoms with Crippen molar-refractivity contribution in [1.82, 2.24) is 5.32 Å². The van der Waals surface area contributed by atoms with Gasteiger partial charge >= 0.3 is 0 Å². The molecule has 1 atom stereocenters. The number of benzene rings is 2. The first kappa shape index (κ1) is 19.7. The maximum absolute atomic E-state index is 12.3. The van der Waals surface area contributed by atoms with Gasteiger partial charge in [-0.15, -0.1) is 12.4 Å². The highest BCUT2D eigenvalue weighted by Gasteiger charge is 2.16. The number of ether oxygens (including phenoxy) is 1. The van der Waals surface area contributed by atoms with Crippen LogP contribution in [0.2, 0.25) is 0 Å². The van der Waals surface area contributed by atoms with E-state index in [0.29, 0.717) is 35.8 Å². The summed E-state index contributed by atoms with van der Waals surface area (Å²) in [5.74, 6) is 1.35. The van der Waals surface area contributed by atoms with Crippen LogP contribution >= 0.6 is 12.4 Å². The molecule has 1 unspecified atom stereocenters. The molecule has 6 heteroatoms. The first-order valence-electron chi connectivity index (χ1n) is 8.36. The van der Waals surface area contributed by atoms with E-state index in [4.69, 9.17) is 14.9 Å². The third kappa shape index (κ3) is 4.49. The van der Waals surface area contributed by atoms with E-state index >= 15 is 0 Å². The van der Waals surface area contributed by atoms with Gasteiger partial charge in [-0.05, 0) is 43.7 Å². The molecule has 26 heavy (non-hydrogen) atoms. The van der Waals surface area contributed by atoms with E-state index in [1.807, 2.05) is 50.2 Å². The summed E-state index contributed by atoms with van der Waals surface area (Å²) in [6.07, 6.45) is 0.301. The van der Waals surface area contributed by atoms with Crippen molar-refractivity contribution in [2.24, 2.45) is 0 Å². The summed E-state index contributed by atoms with van der Waals surface area (Å²) in [5.41, 5.74) is 7.97.